The number of aryl methyl sites for hydroxylation is 1. The first-order valence-electron chi connectivity index (χ1n) is 9.53. The van der Waals surface area contributed by atoms with Gasteiger partial charge in [-0.3, -0.25) is 4.79 Å². The predicted molar refractivity (Wildman–Crippen MR) is 102 cm³/mol. The maximum Gasteiger partial charge on any atom is 0.222 e. The lowest BCUT2D eigenvalue weighted by molar-refractivity contribution is -0.128. The molecule has 138 valence electrons. The van der Waals surface area contributed by atoms with Gasteiger partial charge in [-0.25, -0.2) is 4.68 Å². The molecule has 0 unspecified atom stereocenters. The zero-order chi connectivity index (χ0) is 17.9. The van der Waals surface area contributed by atoms with Gasteiger partial charge in [0, 0.05) is 57.2 Å². The van der Waals surface area contributed by atoms with E-state index < -0.39 is 0 Å². The smallest absolute Gasteiger partial charge is 0.222 e. The van der Waals surface area contributed by atoms with Crippen molar-refractivity contribution >= 4 is 11.7 Å². The number of hydrogen-bond donors (Lipinski definition) is 2. The Morgan fingerprint density at radius 3 is 2.96 bits per heavy atom. The summed E-state index contributed by atoms with van der Waals surface area (Å²) in [7, 11) is 0. The number of benzene rings is 1. The van der Waals surface area contributed by atoms with Crippen molar-refractivity contribution in [3.63, 3.8) is 0 Å². The normalized spacial score (nSPS) is 20.7. The summed E-state index contributed by atoms with van der Waals surface area (Å²) in [6, 6.07) is 12.7. The Morgan fingerprint density at radius 2 is 2.19 bits per heavy atom. The molecule has 0 radical (unpaired) electrons. The Kier molecular flexibility index (Phi) is 4.93. The number of carbonyl (C=O) groups excluding carboxylic acids is 1. The number of likely N-dealkylation sites (tertiary alicyclic amines) is 1. The predicted octanol–water partition coefficient (Wildman–Crippen LogP) is 2.19. The zero-order valence-corrected chi connectivity index (χ0v) is 15.3. The second kappa shape index (κ2) is 7.50. The molecule has 1 saturated heterocycles. The first-order chi connectivity index (χ1) is 12.7. The van der Waals surface area contributed by atoms with Crippen LogP contribution in [-0.2, 0) is 11.3 Å². The molecule has 6 nitrogen and oxygen atoms in total. The number of anilines is 1. The minimum Gasteiger partial charge on any atom is -0.370 e. The monoisotopic (exact) mass is 353 g/mol. The zero-order valence-electron chi connectivity index (χ0n) is 15.3. The van der Waals surface area contributed by atoms with Gasteiger partial charge in [0.25, 0.3) is 0 Å². The van der Waals surface area contributed by atoms with Crippen LogP contribution < -0.4 is 10.6 Å². The number of aromatic nitrogens is 2. The fraction of sp³-hybridized carbons (Fsp3) is 0.500. The van der Waals surface area contributed by atoms with Crippen LogP contribution in [0.15, 0.2) is 36.4 Å². The highest BCUT2D eigenvalue weighted by molar-refractivity contribution is 5.78. The van der Waals surface area contributed by atoms with Crippen molar-refractivity contribution in [1.82, 2.24) is 20.0 Å². The number of hydrogen-bond acceptors (Lipinski definition) is 4. The lowest BCUT2D eigenvalue weighted by Crippen LogP contribution is -2.41. The molecule has 1 aromatic carbocycles. The third kappa shape index (κ3) is 3.75. The molecule has 0 bridgehead atoms. The van der Waals surface area contributed by atoms with Gasteiger partial charge in [-0.15, -0.1) is 0 Å². The number of fused-ring (bicyclic) bond motifs is 1. The van der Waals surface area contributed by atoms with Crippen molar-refractivity contribution < 1.29 is 4.79 Å². The molecular weight excluding hydrogens is 326 g/mol. The van der Waals surface area contributed by atoms with Crippen LogP contribution in [0.3, 0.4) is 0 Å². The van der Waals surface area contributed by atoms with Crippen molar-refractivity contribution in [3.8, 4) is 0 Å². The first-order valence-corrected chi connectivity index (χ1v) is 9.53. The first kappa shape index (κ1) is 17.1. The summed E-state index contributed by atoms with van der Waals surface area (Å²) in [5.41, 5.74) is 2.29. The second-order valence-electron chi connectivity index (χ2n) is 7.41. The fourth-order valence-corrected chi connectivity index (χ4v) is 3.92. The number of rotatable bonds is 6. The lowest BCUT2D eigenvalue weighted by Gasteiger charge is -2.29. The van der Waals surface area contributed by atoms with Crippen LogP contribution in [0.5, 0.6) is 0 Å². The molecule has 2 atom stereocenters. The van der Waals surface area contributed by atoms with Gasteiger partial charge in [0.15, 0.2) is 0 Å². The molecule has 1 amide bonds. The highest BCUT2D eigenvalue weighted by atomic mass is 16.2. The largest absolute Gasteiger partial charge is 0.370 e. The molecule has 3 heterocycles. The number of nitrogens with zero attached hydrogens (tertiary/aromatic N) is 3. The van der Waals surface area contributed by atoms with E-state index in [0.717, 1.165) is 50.7 Å². The van der Waals surface area contributed by atoms with E-state index in [9.17, 15) is 4.79 Å². The molecule has 0 spiro atoms. The van der Waals surface area contributed by atoms with Gasteiger partial charge in [0.2, 0.25) is 5.91 Å². The van der Waals surface area contributed by atoms with E-state index in [1.54, 1.807) is 0 Å². The van der Waals surface area contributed by atoms with E-state index >= 15 is 0 Å². The average Bonchev–Trinajstić information content (AvgIpc) is 3.23. The number of carbonyl (C=O) groups is 1. The number of amides is 1. The molecule has 2 aliphatic rings. The van der Waals surface area contributed by atoms with Crippen molar-refractivity contribution in [3.05, 3.63) is 47.7 Å². The Labute approximate surface area is 154 Å². The molecule has 1 fully saturated rings. The summed E-state index contributed by atoms with van der Waals surface area (Å²) in [6.07, 6.45) is 1.67. The maximum atomic E-state index is 12.1. The van der Waals surface area contributed by atoms with E-state index in [-0.39, 0.29) is 11.9 Å². The Hall–Kier alpha value is -2.34. The third-order valence-electron chi connectivity index (χ3n) is 5.33. The standard InChI is InChI=1S/C20H27N5O/c1-15-10-19-22-12-16(13-25(19)23-15)11-21-18(17-6-3-2-4-7-17)14-24-9-5-8-20(24)26/h2-4,6-7,10,16,18,21-22H,5,8-9,11-14H2,1H3/t16-,18-/m1/s1. The van der Waals surface area contributed by atoms with Crippen LogP contribution in [0.4, 0.5) is 5.82 Å². The summed E-state index contributed by atoms with van der Waals surface area (Å²) in [5.74, 6) is 1.87. The van der Waals surface area contributed by atoms with Gasteiger partial charge in [0.05, 0.1) is 5.69 Å². The summed E-state index contributed by atoms with van der Waals surface area (Å²) in [5, 5.41) is 11.7. The van der Waals surface area contributed by atoms with E-state index in [4.69, 9.17) is 0 Å². The second-order valence-corrected chi connectivity index (χ2v) is 7.41. The Bertz CT molecular complexity index is 757. The summed E-state index contributed by atoms with van der Waals surface area (Å²) >= 11 is 0. The molecular formula is C20H27N5O. The van der Waals surface area contributed by atoms with Gasteiger partial charge in [0.1, 0.15) is 5.82 Å². The highest BCUT2D eigenvalue weighted by Gasteiger charge is 2.25. The van der Waals surface area contributed by atoms with Crippen molar-refractivity contribution in [2.24, 2.45) is 5.92 Å². The van der Waals surface area contributed by atoms with Crippen LogP contribution in [0, 0.1) is 12.8 Å². The summed E-state index contributed by atoms with van der Waals surface area (Å²) < 4.78 is 2.06. The molecule has 0 saturated carbocycles. The molecule has 0 aliphatic carbocycles. The van der Waals surface area contributed by atoms with Gasteiger partial charge in [-0.2, -0.15) is 5.10 Å². The van der Waals surface area contributed by atoms with Crippen molar-refractivity contribution in [2.75, 3.05) is 31.5 Å². The van der Waals surface area contributed by atoms with Crippen LogP contribution in [0.1, 0.15) is 30.1 Å². The van der Waals surface area contributed by atoms with Crippen LogP contribution in [0.25, 0.3) is 0 Å². The molecule has 4 rings (SSSR count). The Morgan fingerprint density at radius 1 is 1.35 bits per heavy atom. The maximum absolute atomic E-state index is 12.1. The highest BCUT2D eigenvalue weighted by Crippen LogP contribution is 2.21. The number of nitrogens with one attached hydrogen (secondary N) is 2. The van der Waals surface area contributed by atoms with Gasteiger partial charge in [-0.1, -0.05) is 30.3 Å². The van der Waals surface area contributed by atoms with Gasteiger partial charge in [-0.05, 0) is 18.9 Å². The minimum absolute atomic E-state index is 0.166. The molecule has 1 aromatic heterocycles. The van der Waals surface area contributed by atoms with E-state index in [1.165, 1.54) is 5.56 Å². The van der Waals surface area contributed by atoms with E-state index in [1.807, 2.05) is 17.9 Å². The van der Waals surface area contributed by atoms with Gasteiger partial charge >= 0.3 is 0 Å². The minimum atomic E-state index is 0.166. The topological polar surface area (TPSA) is 62.2 Å². The van der Waals surface area contributed by atoms with Crippen LogP contribution >= 0.6 is 0 Å². The van der Waals surface area contributed by atoms with Crippen molar-refractivity contribution in [1.29, 1.82) is 0 Å². The summed E-state index contributed by atoms with van der Waals surface area (Å²) in [6.45, 7) is 6.42. The van der Waals surface area contributed by atoms with Crippen molar-refractivity contribution in [2.45, 2.75) is 32.4 Å². The molecule has 26 heavy (non-hydrogen) atoms. The quantitative estimate of drug-likeness (QED) is 0.836. The van der Waals surface area contributed by atoms with E-state index in [2.05, 4.69) is 50.7 Å². The lowest BCUT2D eigenvalue weighted by atomic mass is 10.0. The van der Waals surface area contributed by atoms with Crippen LogP contribution in [-0.4, -0.2) is 46.8 Å². The Balaban J connectivity index is 1.41. The average molecular weight is 353 g/mol. The van der Waals surface area contributed by atoms with E-state index in [0.29, 0.717) is 12.3 Å². The molecule has 2 aliphatic heterocycles. The molecule has 6 heteroatoms. The summed E-state index contributed by atoms with van der Waals surface area (Å²) in [4.78, 5) is 14.1. The van der Waals surface area contributed by atoms with Gasteiger partial charge < -0.3 is 15.5 Å². The molecule has 2 N–H and O–H groups in total. The fourth-order valence-electron chi connectivity index (χ4n) is 3.92. The molecule has 2 aromatic rings. The third-order valence-corrected chi connectivity index (χ3v) is 5.33. The SMILES string of the molecule is Cc1cc2n(n1)C[C@H](CN[C@H](CN1CCCC1=O)c1ccccc1)CN2. The van der Waals surface area contributed by atoms with Crippen LogP contribution in [0.2, 0.25) is 0 Å².